The van der Waals surface area contributed by atoms with E-state index in [4.69, 9.17) is 5.73 Å². The van der Waals surface area contributed by atoms with Gasteiger partial charge >= 0.3 is 6.03 Å². The molecule has 14 heavy (non-hydrogen) atoms. The molecule has 80 valence electrons. The molecule has 0 spiro atoms. The van der Waals surface area contributed by atoms with Gasteiger partial charge < -0.3 is 10.6 Å². The summed E-state index contributed by atoms with van der Waals surface area (Å²) < 4.78 is 0. The average Bonchev–Trinajstić information content (AvgIpc) is 2.23. The highest BCUT2D eigenvalue weighted by Gasteiger charge is 2.50. The first-order valence-corrected chi connectivity index (χ1v) is 4.97. The molecular formula is C10H19N3O. The second-order valence-corrected chi connectivity index (χ2v) is 4.47. The van der Waals surface area contributed by atoms with Crippen LogP contribution in [0.15, 0.2) is 4.99 Å². The smallest absolute Gasteiger partial charge is 0.345 e. The number of amidine groups is 1. The van der Waals surface area contributed by atoms with Crippen molar-refractivity contribution in [2.24, 2.45) is 22.6 Å². The van der Waals surface area contributed by atoms with E-state index in [2.05, 4.69) is 32.7 Å². The van der Waals surface area contributed by atoms with Crippen molar-refractivity contribution in [1.82, 2.24) is 4.90 Å². The summed E-state index contributed by atoms with van der Waals surface area (Å²) in [5.41, 5.74) is 5.48. The first kappa shape index (κ1) is 11.0. The maximum Gasteiger partial charge on any atom is 0.345 e. The molecule has 0 saturated carbocycles. The minimum absolute atomic E-state index is 0.232. The van der Waals surface area contributed by atoms with Crippen LogP contribution >= 0.6 is 0 Å². The average molecular weight is 197 g/mol. The zero-order valence-electron chi connectivity index (χ0n) is 9.53. The van der Waals surface area contributed by atoms with Gasteiger partial charge in [-0.3, -0.25) is 0 Å². The molecule has 0 aliphatic carbocycles. The van der Waals surface area contributed by atoms with E-state index in [1.165, 1.54) is 0 Å². The molecule has 0 bridgehead atoms. The lowest BCUT2D eigenvalue weighted by molar-refractivity contribution is 0.125. The molecular weight excluding hydrogens is 178 g/mol. The Hall–Kier alpha value is -1.06. The first-order valence-electron chi connectivity index (χ1n) is 4.97. The Labute approximate surface area is 85.2 Å². The number of nitrogens with two attached hydrogens (primary N) is 1. The summed E-state index contributed by atoms with van der Waals surface area (Å²) in [5, 5.41) is 0. The molecule has 0 fully saturated rings. The predicted molar refractivity (Wildman–Crippen MR) is 57.2 cm³/mol. The van der Waals surface area contributed by atoms with E-state index in [1.807, 2.05) is 0 Å². The summed E-state index contributed by atoms with van der Waals surface area (Å²) in [6.07, 6.45) is 0. The zero-order valence-corrected chi connectivity index (χ0v) is 9.53. The number of rotatable bonds is 2. The third-order valence-corrected chi connectivity index (χ3v) is 3.23. The number of nitrogens with zero attached hydrogens (tertiary/aromatic N) is 2. The molecule has 0 radical (unpaired) electrons. The van der Waals surface area contributed by atoms with E-state index in [0.29, 0.717) is 5.84 Å². The number of hydrogen-bond donors (Lipinski definition) is 1. The van der Waals surface area contributed by atoms with Gasteiger partial charge in [-0.25, -0.2) is 4.79 Å². The van der Waals surface area contributed by atoms with Gasteiger partial charge in [-0.05, 0) is 11.8 Å². The minimum Gasteiger partial charge on any atom is -0.385 e. The summed E-state index contributed by atoms with van der Waals surface area (Å²) in [6.45, 7) is 8.27. The molecule has 0 aromatic rings. The highest BCUT2D eigenvalue weighted by molar-refractivity contribution is 6.06. The van der Waals surface area contributed by atoms with Crippen LogP contribution in [0.25, 0.3) is 0 Å². The van der Waals surface area contributed by atoms with Crippen LogP contribution in [0, 0.1) is 11.8 Å². The Morgan fingerprint density at radius 3 is 1.86 bits per heavy atom. The summed E-state index contributed by atoms with van der Waals surface area (Å²) in [6, 6.07) is -0.232. The van der Waals surface area contributed by atoms with Crippen molar-refractivity contribution < 1.29 is 4.79 Å². The Bertz CT molecular complexity index is 273. The number of aliphatic imine (C=N–C) groups is 1. The van der Waals surface area contributed by atoms with Gasteiger partial charge in [0.2, 0.25) is 0 Å². The highest BCUT2D eigenvalue weighted by atomic mass is 16.2. The quantitative estimate of drug-likeness (QED) is 0.728. The Kier molecular flexibility index (Phi) is 2.56. The Morgan fingerprint density at radius 2 is 1.71 bits per heavy atom. The van der Waals surface area contributed by atoms with Crippen LogP contribution in [0.4, 0.5) is 4.79 Å². The molecule has 0 aromatic heterocycles. The molecule has 2 amide bonds. The molecule has 1 heterocycles. The fourth-order valence-corrected chi connectivity index (χ4v) is 2.63. The maximum absolute atomic E-state index is 11.5. The molecule has 2 N–H and O–H groups in total. The highest BCUT2D eigenvalue weighted by Crippen LogP contribution is 2.36. The SMILES string of the molecule is CC(C)C1(C(C)C)C(N)=NC(=O)N1C. The van der Waals surface area contributed by atoms with Crippen LogP contribution in [-0.4, -0.2) is 29.4 Å². The molecule has 1 aliphatic heterocycles. The van der Waals surface area contributed by atoms with Crippen molar-refractivity contribution in [3.8, 4) is 0 Å². The van der Waals surface area contributed by atoms with Crippen LogP contribution in [0.3, 0.4) is 0 Å². The number of carbonyl (C=O) groups excluding carboxylic acids is 1. The number of carbonyl (C=O) groups is 1. The monoisotopic (exact) mass is 197 g/mol. The topological polar surface area (TPSA) is 58.7 Å². The van der Waals surface area contributed by atoms with Crippen LogP contribution in [0.2, 0.25) is 0 Å². The largest absolute Gasteiger partial charge is 0.385 e. The first-order chi connectivity index (χ1) is 6.35. The van der Waals surface area contributed by atoms with E-state index in [0.717, 1.165) is 0 Å². The van der Waals surface area contributed by atoms with Crippen molar-refractivity contribution >= 4 is 11.9 Å². The number of amides is 2. The van der Waals surface area contributed by atoms with E-state index in [1.54, 1.807) is 11.9 Å². The van der Waals surface area contributed by atoms with Gasteiger partial charge in [0.05, 0.1) is 0 Å². The summed E-state index contributed by atoms with van der Waals surface area (Å²) in [5.74, 6) is 0.986. The van der Waals surface area contributed by atoms with E-state index < -0.39 is 5.54 Å². The molecule has 0 atom stereocenters. The Balaban J connectivity index is 3.24. The van der Waals surface area contributed by atoms with Crippen molar-refractivity contribution in [2.75, 3.05) is 7.05 Å². The molecule has 1 aliphatic rings. The van der Waals surface area contributed by atoms with Crippen LogP contribution < -0.4 is 5.73 Å². The maximum atomic E-state index is 11.5. The number of urea groups is 1. The fraction of sp³-hybridized carbons (Fsp3) is 0.800. The zero-order chi connectivity index (χ0) is 11.1. The van der Waals surface area contributed by atoms with Gasteiger partial charge in [0, 0.05) is 7.05 Å². The van der Waals surface area contributed by atoms with Crippen LogP contribution in [0.1, 0.15) is 27.7 Å². The van der Waals surface area contributed by atoms with Gasteiger partial charge in [0.25, 0.3) is 0 Å². The van der Waals surface area contributed by atoms with Gasteiger partial charge in [0.15, 0.2) is 0 Å². The van der Waals surface area contributed by atoms with Crippen LogP contribution in [0.5, 0.6) is 0 Å². The second kappa shape index (κ2) is 3.26. The molecule has 1 rings (SSSR count). The minimum atomic E-state index is -0.406. The lowest BCUT2D eigenvalue weighted by atomic mass is 9.75. The second-order valence-electron chi connectivity index (χ2n) is 4.47. The lowest BCUT2D eigenvalue weighted by Gasteiger charge is -2.42. The van der Waals surface area contributed by atoms with E-state index >= 15 is 0 Å². The third kappa shape index (κ3) is 1.13. The number of likely N-dealkylation sites (N-methyl/N-ethyl adjacent to an activating group) is 1. The van der Waals surface area contributed by atoms with Gasteiger partial charge in [-0.15, -0.1) is 0 Å². The molecule has 4 nitrogen and oxygen atoms in total. The predicted octanol–water partition coefficient (Wildman–Crippen LogP) is 1.46. The van der Waals surface area contributed by atoms with Crippen LogP contribution in [-0.2, 0) is 0 Å². The van der Waals surface area contributed by atoms with Gasteiger partial charge in [-0.1, -0.05) is 27.7 Å². The number of hydrogen-bond acceptors (Lipinski definition) is 2. The van der Waals surface area contributed by atoms with Gasteiger partial charge in [-0.2, -0.15) is 4.99 Å². The van der Waals surface area contributed by atoms with Crippen molar-refractivity contribution in [2.45, 2.75) is 33.2 Å². The third-order valence-electron chi connectivity index (χ3n) is 3.23. The van der Waals surface area contributed by atoms with Crippen molar-refractivity contribution in [3.63, 3.8) is 0 Å². The molecule has 0 saturated heterocycles. The van der Waals surface area contributed by atoms with E-state index in [-0.39, 0.29) is 17.9 Å². The normalized spacial score (nSPS) is 20.9. The van der Waals surface area contributed by atoms with Gasteiger partial charge in [0.1, 0.15) is 11.4 Å². The summed E-state index contributed by atoms with van der Waals surface area (Å²) >= 11 is 0. The lowest BCUT2D eigenvalue weighted by Crippen LogP contribution is -2.59. The summed E-state index contributed by atoms with van der Waals surface area (Å²) in [7, 11) is 1.77. The van der Waals surface area contributed by atoms with E-state index in [9.17, 15) is 4.79 Å². The molecule has 4 heteroatoms. The molecule has 0 unspecified atom stereocenters. The Morgan fingerprint density at radius 1 is 1.29 bits per heavy atom. The summed E-state index contributed by atoms with van der Waals surface area (Å²) in [4.78, 5) is 17.0. The van der Waals surface area contributed by atoms with Crippen molar-refractivity contribution in [1.29, 1.82) is 0 Å². The fourth-order valence-electron chi connectivity index (χ4n) is 2.63. The van der Waals surface area contributed by atoms with Crippen molar-refractivity contribution in [3.05, 3.63) is 0 Å². The standard InChI is InChI=1S/C10H19N3O/c1-6(2)10(7(3)4)8(11)12-9(14)13(10)5/h6-7H,1-5H3,(H2,11,12,14). The molecule has 0 aromatic carbocycles.